The highest BCUT2D eigenvalue weighted by Gasteiger charge is 2.32. The number of hydrogen-bond acceptors (Lipinski definition) is 2. The molecule has 4 aromatic rings. The molecule has 0 unspecified atom stereocenters. The van der Waals surface area contributed by atoms with E-state index < -0.39 is 6.04 Å². The summed E-state index contributed by atoms with van der Waals surface area (Å²) in [4.78, 5) is 29.7. The van der Waals surface area contributed by atoms with Gasteiger partial charge < -0.3 is 10.2 Å². The second-order valence-electron chi connectivity index (χ2n) is 10.8. The lowest BCUT2D eigenvalue weighted by atomic mass is 9.99. The van der Waals surface area contributed by atoms with Crippen molar-refractivity contribution in [1.82, 2.24) is 10.2 Å². The number of carbonyl (C=O) groups excluding carboxylic acids is 2. The average molecular weight is 519 g/mol. The van der Waals surface area contributed by atoms with Gasteiger partial charge in [-0.3, -0.25) is 9.59 Å². The molecule has 0 saturated heterocycles. The lowest BCUT2D eigenvalue weighted by molar-refractivity contribution is -0.141. The van der Waals surface area contributed by atoms with Crippen molar-refractivity contribution in [2.45, 2.75) is 70.5 Å². The summed E-state index contributed by atoms with van der Waals surface area (Å²) in [5, 5.41) is 5.65. The molecule has 200 valence electrons. The molecule has 1 aliphatic rings. The third-order valence-corrected chi connectivity index (χ3v) is 7.93. The van der Waals surface area contributed by atoms with Crippen molar-refractivity contribution in [3.8, 4) is 0 Å². The quantitative estimate of drug-likeness (QED) is 0.252. The monoisotopic (exact) mass is 518 g/mol. The van der Waals surface area contributed by atoms with Crippen LogP contribution < -0.4 is 5.32 Å². The van der Waals surface area contributed by atoms with Crippen molar-refractivity contribution < 1.29 is 9.59 Å². The summed E-state index contributed by atoms with van der Waals surface area (Å²) in [6.45, 7) is 2.47. The van der Waals surface area contributed by atoms with Crippen molar-refractivity contribution >= 4 is 22.6 Å². The van der Waals surface area contributed by atoms with Crippen molar-refractivity contribution in [2.24, 2.45) is 0 Å². The smallest absolute Gasteiger partial charge is 0.243 e. The maximum atomic E-state index is 14.0. The van der Waals surface area contributed by atoms with E-state index in [-0.39, 0.29) is 17.9 Å². The van der Waals surface area contributed by atoms with Gasteiger partial charge in [0.15, 0.2) is 0 Å². The lowest BCUT2D eigenvalue weighted by Gasteiger charge is -2.32. The molecular formula is C35H38N2O2. The molecular weight excluding hydrogens is 480 g/mol. The van der Waals surface area contributed by atoms with Crippen LogP contribution in [0.4, 0.5) is 0 Å². The Morgan fingerprint density at radius 2 is 1.51 bits per heavy atom. The zero-order valence-corrected chi connectivity index (χ0v) is 22.8. The Morgan fingerprint density at radius 1 is 0.821 bits per heavy atom. The van der Waals surface area contributed by atoms with Gasteiger partial charge in [-0.1, -0.05) is 115 Å². The Morgan fingerprint density at radius 3 is 2.28 bits per heavy atom. The maximum Gasteiger partial charge on any atom is 0.243 e. The van der Waals surface area contributed by atoms with Crippen LogP contribution in [0.2, 0.25) is 0 Å². The predicted molar refractivity (Wildman–Crippen MR) is 158 cm³/mol. The molecule has 4 aromatic carbocycles. The van der Waals surface area contributed by atoms with Crippen LogP contribution in [0.1, 0.15) is 54.4 Å². The summed E-state index contributed by atoms with van der Waals surface area (Å²) >= 11 is 0. The highest BCUT2D eigenvalue weighted by atomic mass is 16.2. The first-order chi connectivity index (χ1) is 19.1. The summed E-state index contributed by atoms with van der Waals surface area (Å²) in [7, 11) is 0. The summed E-state index contributed by atoms with van der Waals surface area (Å²) in [5.74, 6) is -0.0395. The first kappa shape index (κ1) is 26.7. The Hall–Kier alpha value is -3.92. The van der Waals surface area contributed by atoms with E-state index in [2.05, 4.69) is 66.8 Å². The number of nitrogens with zero attached hydrogens (tertiary/aromatic N) is 1. The minimum atomic E-state index is -0.575. The first-order valence-electron chi connectivity index (χ1n) is 14.2. The number of rotatable bonds is 10. The largest absolute Gasteiger partial charge is 0.352 e. The molecule has 1 aliphatic carbocycles. The minimum absolute atomic E-state index is 0.00557. The Balaban J connectivity index is 1.43. The summed E-state index contributed by atoms with van der Waals surface area (Å²) in [5.41, 5.74) is 4.42. The second kappa shape index (κ2) is 12.8. The Kier molecular flexibility index (Phi) is 8.72. The molecule has 0 spiro atoms. The molecule has 0 heterocycles. The fraction of sp³-hybridized carbons (Fsp3) is 0.314. The molecule has 2 amide bonds. The molecule has 4 nitrogen and oxygen atoms in total. The van der Waals surface area contributed by atoms with E-state index in [0.29, 0.717) is 25.8 Å². The van der Waals surface area contributed by atoms with Gasteiger partial charge in [0.05, 0.1) is 0 Å². The fourth-order valence-corrected chi connectivity index (χ4v) is 5.71. The zero-order chi connectivity index (χ0) is 27.0. The van der Waals surface area contributed by atoms with Gasteiger partial charge in [0.1, 0.15) is 6.04 Å². The standard InChI is InChI=1S/C35H38N2O2/c1-26-18-20-28(21-19-26)25-37(34(38)23-22-30-14-9-13-29-12-5-8-17-32(29)30)33(24-27-10-3-2-4-11-27)35(39)36-31-15-6-7-16-31/h2-5,8-14,17-21,31,33H,6-7,15-16,22-25H2,1H3,(H,36,39)/t33-/m1/s1. The van der Waals surface area contributed by atoms with Crippen LogP contribution in [-0.2, 0) is 29.0 Å². The molecule has 5 rings (SSSR count). The third-order valence-electron chi connectivity index (χ3n) is 7.93. The number of hydrogen-bond donors (Lipinski definition) is 1. The number of carbonyl (C=O) groups is 2. The highest BCUT2D eigenvalue weighted by Crippen LogP contribution is 2.23. The second-order valence-corrected chi connectivity index (χ2v) is 10.8. The third kappa shape index (κ3) is 6.94. The van der Waals surface area contributed by atoms with Gasteiger partial charge in [0.25, 0.3) is 0 Å². The molecule has 4 heteroatoms. The van der Waals surface area contributed by atoms with Gasteiger partial charge >= 0.3 is 0 Å². The average Bonchev–Trinajstić information content (AvgIpc) is 3.48. The van der Waals surface area contributed by atoms with E-state index >= 15 is 0 Å². The molecule has 0 radical (unpaired) electrons. The van der Waals surface area contributed by atoms with E-state index in [0.717, 1.165) is 42.4 Å². The summed E-state index contributed by atoms with van der Waals surface area (Å²) in [6, 6.07) is 32.5. The number of amides is 2. The van der Waals surface area contributed by atoms with E-state index in [1.165, 1.54) is 16.3 Å². The molecule has 1 fully saturated rings. The Bertz CT molecular complexity index is 1390. The highest BCUT2D eigenvalue weighted by molar-refractivity contribution is 5.89. The summed E-state index contributed by atoms with van der Waals surface area (Å²) in [6.07, 6.45) is 5.78. The van der Waals surface area contributed by atoms with Gasteiger partial charge in [0.2, 0.25) is 11.8 Å². The van der Waals surface area contributed by atoms with Gasteiger partial charge in [-0.2, -0.15) is 0 Å². The topological polar surface area (TPSA) is 49.4 Å². The van der Waals surface area contributed by atoms with Crippen molar-refractivity contribution in [3.05, 3.63) is 119 Å². The normalized spacial score (nSPS) is 14.3. The van der Waals surface area contributed by atoms with Crippen LogP contribution >= 0.6 is 0 Å². The zero-order valence-electron chi connectivity index (χ0n) is 22.8. The summed E-state index contributed by atoms with van der Waals surface area (Å²) < 4.78 is 0. The SMILES string of the molecule is Cc1ccc(CN(C(=O)CCc2cccc3ccccc23)[C@H](Cc2ccccc2)C(=O)NC2CCCC2)cc1. The number of aryl methyl sites for hydroxylation is 2. The lowest BCUT2D eigenvalue weighted by Crippen LogP contribution is -2.52. The molecule has 1 saturated carbocycles. The first-order valence-corrected chi connectivity index (χ1v) is 14.2. The van der Waals surface area contributed by atoms with E-state index in [1.807, 2.05) is 47.4 Å². The molecule has 1 N–H and O–H groups in total. The van der Waals surface area contributed by atoms with Crippen molar-refractivity contribution in [2.75, 3.05) is 0 Å². The number of fused-ring (bicyclic) bond motifs is 1. The Labute approximate surface area is 232 Å². The minimum Gasteiger partial charge on any atom is -0.352 e. The van der Waals surface area contributed by atoms with Gasteiger partial charge in [-0.25, -0.2) is 0 Å². The van der Waals surface area contributed by atoms with E-state index in [1.54, 1.807) is 0 Å². The van der Waals surface area contributed by atoms with E-state index in [9.17, 15) is 9.59 Å². The van der Waals surface area contributed by atoms with Crippen LogP contribution in [0.15, 0.2) is 97.1 Å². The van der Waals surface area contributed by atoms with Crippen molar-refractivity contribution in [1.29, 1.82) is 0 Å². The van der Waals surface area contributed by atoms with Crippen LogP contribution in [0.25, 0.3) is 10.8 Å². The predicted octanol–water partition coefficient (Wildman–Crippen LogP) is 6.78. The maximum absolute atomic E-state index is 14.0. The van der Waals surface area contributed by atoms with Gasteiger partial charge in [-0.05, 0) is 53.6 Å². The molecule has 0 bridgehead atoms. The molecule has 1 atom stereocenters. The van der Waals surface area contributed by atoms with Gasteiger partial charge in [-0.15, -0.1) is 0 Å². The van der Waals surface area contributed by atoms with Crippen LogP contribution in [0.3, 0.4) is 0 Å². The number of nitrogens with one attached hydrogen (secondary N) is 1. The fourth-order valence-electron chi connectivity index (χ4n) is 5.71. The number of benzene rings is 4. The molecule has 0 aromatic heterocycles. The molecule has 0 aliphatic heterocycles. The van der Waals surface area contributed by atoms with Gasteiger partial charge in [0, 0.05) is 25.4 Å². The van der Waals surface area contributed by atoms with Crippen LogP contribution in [-0.4, -0.2) is 28.8 Å². The van der Waals surface area contributed by atoms with Crippen LogP contribution in [0.5, 0.6) is 0 Å². The van der Waals surface area contributed by atoms with Crippen LogP contribution in [0, 0.1) is 6.92 Å². The van der Waals surface area contributed by atoms with Crippen molar-refractivity contribution in [3.63, 3.8) is 0 Å². The molecule has 39 heavy (non-hydrogen) atoms. The van der Waals surface area contributed by atoms with E-state index in [4.69, 9.17) is 0 Å².